The SMILES string of the molecule is Cc1cccc(N2CCN(c3nccc(Nc4cccc(F)c4)n3)CC2)c1C. The first kappa shape index (κ1) is 18.2. The molecule has 28 heavy (non-hydrogen) atoms. The molecule has 1 saturated heterocycles. The second kappa shape index (κ2) is 7.84. The molecule has 6 heteroatoms. The van der Waals surface area contributed by atoms with Crippen LogP contribution in [0.15, 0.2) is 54.7 Å². The number of nitrogens with one attached hydrogen (secondary N) is 1. The third kappa shape index (κ3) is 3.91. The minimum Gasteiger partial charge on any atom is -0.368 e. The summed E-state index contributed by atoms with van der Waals surface area (Å²) in [6.07, 6.45) is 1.74. The van der Waals surface area contributed by atoms with Gasteiger partial charge in [0.1, 0.15) is 11.6 Å². The number of nitrogens with zero attached hydrogens (tertiary/aromatic N) is 4. The Labute approximate surface area is 164 Å². The van der Waals surface area contributed by atoms with E-state index in [9.17, 15) is 4.39 Å². The fraction of sp³-hybridized carbons (Fsp3) is 0.273. The zero-order chi connectivity index (χ0) is 19.5. The predicted molar refractivity (Wildman–Crippen MR) is 112 cm³/mol. The molecule has 0 unspecified atom stereocenters. The van der Waals surface area contributed by atoms with E-state index in [-0.39, 0.29) is 5.82 Å². The van der Waals surface area contributed by atoms with Crippen molar-refractivity contribution in [1.82, 2.24) is 9.97 Å². The van der Waals surface area contributed by atoms with Crippen molar-refractivity contribution in [2.75, 3.05) is 41.3 Å². The van der Waals surface area contributed by atoms with E-state index >= 15 is 0 Å². The van der Waals surface area contributed by atoms with Gasteiger partial charge in [0.25, 0.3) is 0 Å². The molecule has 1 aliphatic heterocycles. The lowest BCUT2D eigenvalue weighted by Crippen LogP contribution is -2.47. The topological polar surface area (TPSA) is 44.3 Å². The molecule has 2 aromatic carbocycles. The minimum absolute atomic E-state index is 0.276. The summed E-state index contributed by atoms with van der Waals surface area (Å²) in [5, 5.41) is 3.14. The van der Waals surface area contributed by atoms with Crippen LogP contribution in [0.1, 0.15) is 11.1 Å². The summed E-state index contributed by atoms with van der Waals surface area (Å²) in [6, 6.07) is 14.6. The van der Waals surface area contributed by atoms with Crippen LogP contribution in [0.4, 0.5) is 27.5 Å². The highest BCUT2D eigenvalue weighted by atomic mass is 19.1. The zero-order valence-corrected chi connectivity index (χ0v) is 16.2. The van der Waals surface area contributed by atoms with Gasteiger partial charge in [0.15, 0.2) is 0 Å². The van der Waals surface area contributed by atoms with E-state index in [2.05, 4.69) is 57.1 Å². The molecule has 2 heterocycles. The van der Waals surface area contributed by atoms with Crippen LogP contribution < -0.4 is 15.1 Å². The lowest BCUT2D eigenvalue weighted by atomic mass is 10.1. The molecule has 1 aliphatic rings. The Hall–Kier alpha value is -3.15. The summed E-state index contributed by atoms with van der Waals surface area (Å²) >= 11 is 0. The second-order valence-corrected chi connectivity index (χ2v) is 7.07. The Kier molecular flexibility index (Phi) is 5.10. The van der Waals surface area contributed by atoms with Gasteiger partial charge in [-0.05, 0) is 55.3 Å². The van der Waals surface area contributed by atoms with Gasteiger partial charge in [0, 0.05) is 43.8 Å². The summed E-state index contributed by atoms with van der Waals surface area (Å²) in [4.78, 5) is 13.7. The van der Waals surface area contributed by atoms with E-state index in [1.54, 1.807) is 18.3 Å². The third-order valence-corrected chi connectivity index (χ3v) is 5.22. The van der Waals surface area contributed by atoms with Gasteiger partial charge >= 0.3 is 0 Å². The Morgan fingerprint density at radius 2 is 1.68 bits per heavy atom. The van der Waals surface area contributed by atoms with E-state index in [0.717, 1.165) is 26.2 Å². The average molecular weight is 377 g/mol. The highest BCUT2D eigenvalue weighted by molar-refractivity contribution is 5.58. The molecular formula is C22H24FN5. The van der Waals surface area contributed by atoms with Gasteiger partial charge in [0.2, 0.25) is 5.95 Å². The molecule has 0 atom stereocenters. The highest BCUT2D eigenvalue weighted by Gasteiger charge is 2.20. The summed E-state index contributed by atoms with van der Waals surface area (Å²) < 4.78 is 13.4. The quantitative estimate of drug-likeness (QED) is 0.734. The minimum atomic E-state index is -0.276. The number of halogens is 1. The van der Waals surface area contributed by atoms with Crippen molar-refractivity contribution < 1.29 is 4.39 Å². The molecule has 5 nitrogen and oxygen atoms in total. The first-order valence-electron chi connectivity index (χ1n) is 9.52. The lowest BCUT2D eigenvalue weighted by molar-refractivity contribution is 0.628. The average Bonchev–Trinajstić information content (AvgIpc) is 2.71. The number of aryl methyl sites for hydroxylation is 1. The lowest BCUT2D eigenvalue weighted by Gasteiger charge is -2.37. The first-order valence-corrected chi connectivity index (χ1v) is 9.52. The molecule has 144 valence electrons. The van der Waals surface area contributed by atoms with Gasteiger partial charge in [0.05, 0.1) is 0 Å². The number of benzene rings is 2. The Morgan fingerprint density at radius 1 is 0.929 bits per heavy atom. The van der Waals surface area contributed by atoms with Gasteiger partial charge in [-0.15, -0.1) is 0 Å². The Morgan fingerprint density at radius 3 is 2.46 bits per heavy atom. The third-order valence-electron chi connectivity index (χ3n) is 5.22. The Balaban J connectivity index is 1.44. The molecular weight excluding hydrogens is 353 g/mol. The number of aromatic nitrogens is 2. The van der Waals surface area contributed by atoms with Crippen LogP contribution >= 0.6 is 0 Å². The standard InChI is InChI=1S/C22H24FN5/c1-16-5-3-8-20(17(16)2)27-11-13-28(14-12-27)22-24-10-9-21(26-22)25-19-7-4-6-18(23)15-19/h3-10,15H,11-14H2,1-2H3,(H,24,25,26). The molecule has 3 aromatic rings. The van der Waals surface area contributed by atoms with Crippen LogP contribution in [0.3, 0.4) is 0 Å². The summed E-state index contributed by atoms with van der Waals surface area (Å²) in [7, 11) is 0. The molecule has 0 aliphatic carbocycles. The highest BCUT2D eigenvalue weighted by Crippen LogP contribution is 2.25. The number of hydrogen-bond acceptors (Lipinski definition) is 5. The Bertz CT molecular complexity index is 967. The number of hydrogen-bond donors (Lipinski definition) is 1. The molecule has 0 amide bonds. The maximum absolute atomic E-state index is 13.4. The fourth-order valence-corrected chi connectivity index (χ4v) is 3.51. The van der Waals surface area contributed by atoms with E-state index in [4.69, 9.17) is 0 Å². The maximum atomic E-state index is 13.4. The monoisotopic (exact) mass is 377 g/mol. The van der Waals surface area contributed by atoms with Crippen molar-refractivity contribution >= 4 is 23.1 Å². The van der Waals surface area contributed by atoms with Crippen LogP contribution in [-0.4, -0.2) is 36.1 Å². The van der Waals surface area contributed by atoms with Gasteiger partial charge in [-0.3, -0.25) is 0 Å². The van der Waals surface area contributed by atoms with Crippen molar-refractivity contribution in [2.24, 2.45) is 0 Å². The molecule has 1 N–H and O–H groups in total. The van der Waals surface area contributed by atoms with Crippen molar-refractivity contribution in [3.05, 3.63) is 71.7 Å². The molecule has 1 aromatic heterocycles. The van der Waals surface area contributed by atoms with Crippen LogP contribution in [0.2, 0.25) is 0 Å². The van der Waals surface area contributed by atoms with Crippen LogP contribution in [0.25, 0.3) is 0 Å². The summed E-state index contributed by atoms with van der Waals surface area (Å²) in [5.74, 6) is 1.08. The van der Waals surface area contributed by atoms with Gasteiger partial charge < -0.3 is 15.1 Å². The van der Waals surface area contributed by atoms with E-state index < -0.39 is 0 Å². The number of rotatable bonds is 4. The normalized spacial score (nSPS) is 14.2. The maximum Gasteiger partial charge on any atom is 0.227 e. The van der Waals surface area contributed by atoms with Crippen molar-refractivity contribution in [3.8, 4) is 0 Å². The van der Waals surface area contributed by atoms with Crippen LogP contribution in [0.5, 0.6) is 0 Å². The molecule has 0 saturated carbocycles. The van der Waals surface area contributed by atoms with E-state index in [1.807, 2.05) is 6.07 Å². The largest absolute Gasteiger partial charge is 0.368 e. The number of piperazine rings is 1. The van der Waals surface area contributed by atoms with Crippen molar-refractivity contribution in [2.45, 2.75) is 13.8 Å². The molecule has 4 rings (SSSR count). The predicted octanol–water partition coefficient (Wildman–Crippen LogP) is 4.30. The van der Waals surface area contributed by atoms with Gasteiger partial charge in [-0.25, -0.2) is 9.37 Å². The smallest absolute Gasteiger partial charge is 0.227 e. The summed E-state index contributed by atoms with van der Waals surface area (Å²) in [6.45, 7) is 7.90. The van der Waals surface area contributed by atoms with Crippen LogP contribution in [0, 0.1) is 19.7 Å². The molecule has 0 spiro atoms. The van der Waals surface area contributed by atoms with Gasteiger partial charge in [-0.1, -0.05) is 18.2 Å². The van der Waals surface area contributed by atoms with E-state index in [1.165, 1.54) is 28.9 Å². The first-order chi connectivity index (χ1) is 13.6. The van der Waals surface area contributed by atoms with Crippen molar-refractivity contribution in [3.63, 3.8) is 0 Å². The fourth-order valence-electron chi connectivity index (χ4n) is 3.51. The second-order valence-electron chi connectivity index (χ2n) is 7.07. The number of anilines is 4. The molecule has 0 radical (unpaired) electrons. The van der Waals surface area contributed by atoms with Crippen molar-refractivity contribution in [1.29, 1.82) is 0 Å². The molecule has 0 bridgehead atoms. The summed E-state index contributed by atoms with van der Waals surface area (Å²) in [5.41, 5.74) is 4.64. The van der Waals surface area contributed by atoms with Gasteiger partial charge in [-0.2, -0.15) is 4.98 Å². The van der Waals surface area contributed by atoms with E-state index in [0.29, 0.717) is 17.5 Å². The van der Waals surface area contributed by atoms with Crippen LogP contribution in [-0.2, 0) is 0 Å². The molecule has 1 fully saturated rings. The zero-order valence-electron chi connectivity index (χ0n) is 16.2.